The van der Waals surface area contributed by atoms with Crippen LogP contribution in [0.5, 0.6) is 0 Å². The summed E-state index contributed by atoms with van der Waals surface area (Å²) in [5, 5.41) is 12.4. The van der Waals surface area contributed by atoms with Crippen molar-refractivity contribution in [3.8, 4) is 0 Å². The molecule has 1 aromatic heterocycles. The van der Waals surface area contributed by atoms with E-state index < -0.39 is 30.2 Å². The van der Waals surface area contributed by atoms with Gasteiger partial charge >= 0.3 is 18.2 Å². The molecule has 0 amide bonds. The van der Waals surface area contributed by atoms with E-state index in [2.05, 4.69) is 14.7 Å². The zero-order valence-electron chi connectivity index (χ0n) is 8.33. The van der Waals surface area contributed by atoms with Gasteiger partial charge in [0.25, 0.3) is 0 Å². The molecule has 1 rings (SSSR count). The van der Waals surface area contributed by atoms with Gasteiger partial charge in [-0.05, 0) is 6.42 Å². The van der Waals surface area contributed by atoms with E-state index >= 15 is 0 Å². The van der Waals surface area contributed by atoms with Crippen molar-refractivity contribution in [1.82, 2.24) is 10.1 Å². The smallest absolute Gasteiger partial charge is 0.383 e. The number of hydrogen-bond donors (Lipinski definition) is 1. The predicted molar refractivity (Wildman–Crippen MR) is 44.1 cm³/mol. The van der Waals surface area contributed by atoms with Crippen LogP contribution in [-0.4, -0.2) is 21.7 Å². The number of halogens is 4. The molecule has 1 N–H and O–H groups in total. The molecule has 0 aromatic carbocycles. The van der Waals surface area contributed by atoms with E-state index in [0.29, 0.717) is 6.42 Å². The molecule has 0 aliphatic rings. The third-order valence-electron chi connectivity index (χ3n) is 1.86. The monoisotopic (exact) mass is 242 g/mol. The van der Waals surface area contributed by atoms with Gasteiger partial charge in [0.15, 0.2) is 0 Å². The van der Waals surface area contributed by atoms with Crippen molar-refractivity contribution in [2.75, 3.05) is 0 Å². The lowest BCUT2D eigenvalue weighted by molar-refractivity contribution is -0.152. The van der Waals surface area contributed by atoms with Gasteiger partial charge in [0.05, 0.1) is 0 Å². The van der Waals surface area contributed by atoms with E-state index in [1.165, 1.54) is 0 Å². The van der Waals surface area contributed by atoms with E-state index in [0.717, 1.165) is 0 Å². The summed E-state index contributed by atoms with van der Waals surface area (Å²) < 4.78 is 53.3. The quantitative estimate of drug-likeness (QED) is 0.804. The molecule has 0 bridgehead atoms. The summed E-state index contributed by atoms with van der Waals surface area (Å²) in [6.45, 7) is 1.75. The fourth-order valence-corrected chi connectivity index (χ4v) is 1.00. The second kappa shape index (κ2) is 4.77. The molecule has 0 spiro atoms. The first kappa shape index (κ1) is 12.9. The standard InChI is InChI=1S/C8H10F4N2O2/c1-2-3-4(15)5-13-7(16-14-5)8(11,12)6(9)10/h4,6,15H,2-3H2,1H3. The van der Waals surface area contributed by atoms with Gasteiger partial charge in [-0.25, -0.2) is 8.78 Å². The van der Waals surface area contributed by atoms with Crippen molar-refractivity contribution >= 4 is 0 Å². The first-order chi connectivity index (χ1) is 7.39. The molecule has 1 atom stereocenters. The Labute approximate surface area is 88.3 Å². The van der Waals surface area contributed by atoms with Crippen LogP contribution in [0.1, 0.15) is 37.6 Å². The van der Waals surface area contributed by atoms with E-state index in [1.54, 1.807) is 6.92 Å². The molecule has 0 saturated carbocycles. The summed E-state index contributed by atoms with van der Waals surface area (Å²) in [4.78, 5) is 3.06. The molecule has 0 saturated heterocycles. The topological polar surface area (TPSA) is 59.2 Å². The summed E-state index contributed by atoms with van der Waals surface area (Å²) in [5.41, 5.74) is 0. The minimum absolute atomic E-state index is 0.235. The number of hydrogen-bond acceptors (Lipinski definition) is 4. The molecule has 4 nitrogen and oxygen atoms in total. The summed E-state index contributed by atoms with van der Waals surface area (Å²) in [7, 11) is 0. The summed E-state index contributed by atoms with van der Waals surface area (Å²) in [6.07, 6.45) is -4.31. The molecule has 0 radical (unpaired) electrons. The zero-order chi connectivity index (χ0) is 12.3. The maximum Gasteiger partial charge on any atom is 0.383 e. The summed E-state index contributed by atoms with van der Waals surface area (Å²) in [5.74, 6) is -6.37. The third kappa shape index (κ3) is 2.49. The second-order valence-corrected chi connectivity index (χ2v) is 3.19. The van der Waals surface area contributed by atoms with Crippen molar-refractivity contribution in [2.24, 2.45) is 0 Å². The highest BCUT2D eigenvalue weighted by molar-refractivity contribution is 4.97. The van der Waals surface area contributed by atoms with Crippen molar-refractivity contribution in [1.29, 1.82) is 0 Å². The molecular weight excluding hydrogens is 232 g/mol. The Morgan fingerprint density at radius 3 is 2.56 bits per heavy atom. The van der Waals surface area contributed by atoms with Crippen molar-refractivity contribution < 1.29 is 27.2 Å². The lowest BCUT2D eigenvalue weighted by atomic mass is 10.2. The Morgan fingerprint density at radius 1 is 1.44 bits per heavy atom. The fourth-order valence-electron chi connectivity index (χ4n) is 1.00. The second-order valence-electron chi connectivity index (χ2n) is 3.19. The maximum atomic E-state index is 12.7. The maximum absolute atomic E-state index is 12.7. The van der Waals surface area contributed by atoms with Crippen LogP contribution in [0.3, 0.4) is 0 Å². The van der Waals surface area contributed by atoms with E-state index in [9.17, 15) is 22.7 Å². The number of aromatic nitrogens is 2. The van der Waals surface area contributed by atoms with Crippen LogP contribution >= 0.6 is 0 Å². The molecular formula is C8H10F4N2O2. The fraction of sp³-hybridized carbons (Fsp3) is 0.750. The Morgan fingerprint density at radius 2 is 2.06 bits per heavy atom. The van der Waals surface area contributed by atoms with Crippen LogP contribution in [0.2, 0.25) is 0 Å². The molecule has 0 fully saturated rings. The Kier molecular flexibility index (Phi) is 3.84. The van der Waals surface area contributed by atoms with Crippen LogP contribution in [0.25, 0.3) is 0 Å². The minimum atomic E-state index is -4.49. The molecule has 0 aliphatic carbocycles. The van der Waals surface area contributed by atoms with Gasteiger partial charge in [-0.15, -0.1) is 0 Å². The average molecular weight is 242 g/mol. The number of aliphatic hydroxyl groups excluding tert-OH is 1. The van der Waals surface area contributed by atoms with E-state index in [1.807, 2.05) is 0 Å². The van der Waals surface area contributed by atoms with E-state index in [4.69, 9.17) is 0 Å². The lowest BCUT2D eigenvalue weighted by Gasteiger charge is -2.08. The molecule has 0 aliphatic heterocycles. The molecule has 1 heterocycles. The van der Waals surface area contributed by atoms with Gasteiger partial charge in [0.2, 0.25) is 5.82 Å². The molecule has 1 aromatic rings. The summed E-state index contributed by atoms with van der Waals surface area (Å²) in [6, 6.07) is 0. The van der Waals surface area contributed by atoms with Crippen LogP contribution in [0.4, 0.5) is 17.6 Å². The number of nitrogens with zero attached hydrogens (tertiary/aromatic N) is 2. The van der Waals surface area contributed by atoms with Crippen LogP contribution < -0.4 is 0 Å². The highest BCUT2D eigenvalue weighted by Crippen LogP contribution is 2.33. The Bertz CT molecular complexity index is 343. The van der Waals surface area contributed by atoms with Gasteiger partial charge in [0.1, 0.15) is 6.10 Å². The number of rotatable bonds is 5. The highest BCUT2D eigenvalue weighted by Gasteiger charge is 2.48. The number of aliphatic hydroxyl groups is 1. The van der Waals surface area contributed by atoms with Gasteiger partial charge in [-0.2, -0.15) is 13.8 Å². The van der Waals surface area contributed by atoms with Crippen molar-refractivity contribution in [3.05, 3.63) is 11.7 Å². The molecule has 16 heavy (non-hydrogen) atoms. The zero-order valence-corrected chi connectivity index (χ0v) is 8.33. The Hall–Kier alpha value is -1.18. The third-order valence-corrected chi connectivity index (χ3v) is 1.86. The predicted octanol–water partition coefficient (Wildman–Crippen LogP) is 2.26. The molecule has 1 unspecified atom stereocenters. The normalized spacial score (nSPS) is 14.4. The van der Waals surface area contributed by atoms with Crippen molar-refractivity contribution in [3.63, 3.8) is 0 Å². The molecule has 92 valence electrons. The van der Waals surface area contributed by atoms with Crippen molar-refractivity contribution in [2.45, 2.75) is 38.2 Å². The largest absolute Gasteiger partial charge is 0.385 e. The van der Waals surface area contributed by atoms with Crippen LogP contribution in [-0.2, 0) is 5.92 Å². The van der Waals surface area contributed by atoms with E-state index in [-0.39, 0.29) is 6.42 Å². The average Bonchev–Trinajstić information content (AvgIpc) is 2.67. The number of alkyl halides is 4. The summed E-state index contributed by atoms with van der Waals surface area (Å²) >= 11 is 0. The van der Waals surface area contributed by atoms with Crippen LogP contribution in [0.15, 0.2) is 4.52 Å². The Balaban J connectivity index is 2.86. The first-order valence-corrected chi connectivity index (χ1v) is 4.57. The van der Waals surface area contributed by atoms with Gasteiger partial charge in [-0.3, -0.25) is 0 Å². The first-order valence-electron chi connectivity index (χ1n) is 4.57. The molecule has 8 heteroatoms. The highest BCUT2D eigenvalue weighted by atomic mass is 19.3. The van der Waals surface area contributed by atoms with Gasteiger partial charge < -0.3 is 9.63 Å². The van der Waals surface area contributed by atoms with Crippen LogP contribution in [0, 0.1) is 0 Å². The minimum Gasteiger partial charge on any atom is -0.385 e. The lowest BCUT2D eigenvalue weighted by Crippen LogP contribution is -2.24. The van der Waals surface area contributed by atoms with Gasteiger partial charge in [0, 0.05) is 0 Å². The SMILES string of the molecule is CCCC(O)c1noc(C(F)(F)C(F)F)n1. The van der Waals surface area contributed by atoms with Gasteiger partial charge in [-0.1, -0.05) is 18.5 Å².